The lowest BCUT2D eigenvalue weighted by Gasteiger charge is -2.34. The highest BCUT2D eigenvalue weighted by Crippen LogP contribution is 2.38. The topological polar surface area (TPSA) is 51.4 Å². The molecule has 2 aromatic rings. The number of rotatable bonds is 3. The summed E-state index contributed by atoms with van der Waals surface area (Å²) in [5.74, 6) is 1.26. The number of nitrogens with zero attached hydrogens (tertiary/aromatic N) is 3. The molecule has 2 aliphatic heterocycles. The maximum Gasteiger partial charge on any atom is 0.245 e. The van der Waals surface area contributed by atoms with Crippen molar-refractivity contribution in [2.24, 2.45) is 0 Å². The SMILES string of the molecule is Cc1nnc([C@@H]2CC[C@H]3[C@H](CCN3Cc3sccc3C)O2)o1. The molecular formula is C16H21N3O2S. The van der Waals surface area contributed by atoms with Gasteiger partial charge in [-0.05, 0) is 43.2 Å². The van der Waals surface area contributed by atoms with Crippen LogP contribution in [-0.2, 0) is 11.3 Å². The third-order valence-corrected chi connectivity index (χ3v) is 5.80. The van der Waals surface area contributed by atoms with Gasteiger partial charge in [0.05, 0.1) is 6.10 Å². The molecular weight excluding hydrogens is 298 g/mol. The van der Waals surface area contributed by atoms with Gasteiger partial charge in [-0.2, -0.15) is 0 Å². The Kier molecular flexibility index (Phi) is 3.76. The van der Waals surface area contributed by atoms with E-state index in [1.165, 1.54) is 10.4 Å². The second-order valence-corrected chi connectivity index (χ2v) is 7.25. The highest BCUT2D eigenvalue weighted by atomic mass is 32.1. The van der Waals surface area contributed by atoms with Crippen LogP contribution in [0.1, 0.15) is 47.6 Å². The van der Waals surface area contributed by atoms with Crippen molar-refractivity contribution in [1.29, 1.82) is 0 Å². The minimum atomic E-state index is -0.0223. The van der Waals surface area contributed by atoms with Crippen LogP contribution in [0.5, 0.6) is 0 Å². The molecule has 2 aliphatic rings. The standard InChI is InChI=1S/C16H21N3O2S/c1-10-6-8-22-15(10)9-19-7-5-13-12(19)3-4-14(21-13)16-18-17-11(2)20-16/h6,8,12-14H,3-5,7,9H2,1-2H3/t12-,13-,14-/m0/s1. The van der Waals surface area contributed by atoms with Gasteiger partial charge in [-0.25, -0.2) is 0 Å². The number of aromatic nitrogens is 2. The summed E-state index contributed by atoms with van der Waals surface area (Å²) in [6.45, 7) is 6.19. The molecule has 0 spiro atoms. The largest absolute Gasteiger partial charge is 0.423 e. The van der Waals surface area contributed by atoms with Crippen molar-refractivity contribution in [3.63, 3.8) is 0 Å². The average molecular weight is 319 g/mol. The minimum absolute atomic E-state index is 0.0223. The molecule has 0 N–H and O–H groups in total. The lowest BCUT2D eigenvalue weighted by molar-refractivity contribution is -0.0817. The minimum Gasteiger partial charge on any atom is -0.423 e. The van der Waals surface area contributed by atoms with Gasteiger partial charge < -0.3 is 9.15 Å². The van der Waals surface area contributed by atoms with Gasteiger partial charge in [0.15, 0.2) is 0 Å². The second kappa shape index (κ2) is 5.76. The molecule has 0 saturated carbocycles. The van der Waals surface area contributed by atoms with Crippen LogP contribution in [0.4, 0.5) is 0 Å². The second-order valence-electron chi connectivity index (χ2n) is 6.25. The van der Waals surface area contributed by atoms with E-state index in [0.717, 1.165) is 32.4 Å². The van der Waals surface area contributed by atoms with Crippen LogP contribution >= 0.6 is 11.3 Å². The summed E-state index contributed by atoms with van der Waals surface area (Å²) in [6, 6.07) is 2.74. The summed E-state index contributed by atoms with van der Waals surface area (Å²) >= 11 is 1.86. The number of fused-ring (bicyclic) bond motifs is 1. The monoisotopic (exact) mass is 319 g/mol. The van der Waals surface area contributed by atoms with Gasteiger partial charge in [0.1, 0.15) is 6.10 Å². The first-order chi connectivity index (χ1) is 10.7. The zero-order valence-corrected chi connectivity index (χ0v) is 13.8. The fraction of sp³-hybridized carbons (Fsp3) is 0.625. The number of ether oxygens (including phenoxy) is 1. The van der Waals surface area contributed by atoms with Crippen molar-refractivity contribution >= 4 is 11.3 Å². The molecule has 5 nitrogen and oxygen atoms in total. The van der Waals surface area contributed by atoms with Crippen LogP contribution < -0.4 is 0 Å². The van der Waals surface area contributed by atoms with Crippen LogP contribution in [0.15, 0.2) is 15.9 Å². The molecule has 4 rings (SSSR count). The lowest BCUT2D eigenvalue weighted by Crippen LogP contribution is -2.40. The van der Waals surface area contributed by atoms with E-state index in [-0.39, 0.29) is 6.10 Å². The van der Waals surface area contributed by atoms with E-state index in [4.69, 9.17) is 9.15 Å². The zero-order valence-electron chi connectivity index (χ0n) is 13.0. The number of hydrogen-bond acceptors (Lipinski definition) is 6. The zero-order chi connectivity index (χ0) is 15.1. The van der Waals surface area contributed by atoms with Gasteiger partial charge in [-0.3, -0.25) is 4.90 Å². The van der Waals surface area contributed by atoms with Crippen molar-refractivity contribution < 1.29 is 9.15 Å². The van der Waals surface area contributed by atoms with E-state index in [1.807, 2.05) is 18.3 Å². The first-order valence-corrected chi connectivity index (χ1v) is 8.81. The predicted octanol–water partition coefficient (Wildman–Crippen LogP) is 3.24. The molecule has 3 atom stereocenters. The summed E-state index contributed by atoms with van der Waals surface area (Å²) in [7, 11) is 0. The molecule has 0 unspecified atom stereocenters. The Morgan fingerprint density at radius 3 is 2.91 bits per heavy atom. The van der Waals surface area contributed by atoms with E-state index < -0.39 is 0 Å². The molecule has 2 fully saturated rings. The van der Waals surface area contributed by atoms with E-state index in [9.17, 15) is 0 Å². The van der Waals surface area contributed by atoms with Gasteiger partial charge in [-0.15, -0.1) is 21.5 Å². The Hall–Kier alpha value is -1.24. The number of hydrogen-bond donors (Lipinski definition) is 0. The summed E-state index contributed by atoms with van der Waals surface area (Å²) in [6.07, 6.45) is 3.47. The Morgan fingerprint density at radius 1 is 1.27 bits per heavy atom. The number of thiophene rings is 1. The molecule has 0 aromatic carbocycles. The molecule has 118 valence electrons. The molecule has 2 aromatic heterocycles. The van der Waals surface area contributed by atoms with E-state index in [1.54, 1.807) is 0 Å². The molecule has 4 heterocycles. The van der Waals surface area contributed by atoms with Gasteiger partial charge in [0, 0.05) is 30.9 Å². The van der Waals surface area contributed by atoms with Crippen LogP contribution in [0.25, 0.3) is 0 Å². The summed E-state index contributed by atoms with van der Waals surface area (Å²) in [5, 5.41) is 10.2. The molecule has 0 amide bonds. The lowest BCUT2D eigenvalue weighted by atomic mass is 9.99. The van der Waals surface area contributed by atoms with Crippen LogP contribution in [-0.4, -0.2) is 33.8 Å². The van der Waals surface area contributed by atoms with Crippen LogP contribution in [0, 0.1) is 13.8 Å². The molecule has 22 heavy (non-hydrogen) atoms. The highest BCUT2D eigenvalue weighted by molar-refractivity contribution is 7.10. The van der Waals surface area contributed by atoms with Crippen molar-refractivity contribution in [1.82, 2.24) is 15.1 Å². The first-order valence-electron chi connectivity index (χ1n) is 7.93. The fourth-order valence-electron chi connectivity index (χ4n) is 3.59. The Labute approximate surface area is 134 Å². The van der Waals surface area contributed by atoms with Crippen molar-refractivity contribution in [2.45, 2.75) is 57.9 Å². The molecule has 6 heteroatoms. The maximum atomic E-state index is 6.25. The van der Waals surface area contributed by atoms with Crippen molar-refractivity contribution in [3.8, 4) is 0 Å². The van der Waals surface area contributed by atoms with Gasteiger partial charge in [0.2, 0.25) is 11.8 Å². The molecule has 2 saturated heterocycles. The normalized spacial score (nSPS) is 28.9. The van der Waals surface area contributed by atoms with Gasteiger partial charge in [-0.1, -0.05) is 0 Å². The molecule has 0 bridgehead atoms. The average Bonchev–Trinajstić information content (AvgIpc) is 3.21. The summed E-state index contributed by atoms with van der Waals surface area (Å²) in [5.41, 5.74) is 1.41. The smallest absolute Gasteiger partial charge is 0.245 e. The Morgan fingerprint density at radius 2 is 2.18 bits per heavy atom. The van der Waals surface area contributed by atoms with E-state index in [2.05, 4.69) is 33.5 Å². The van der Waals surface area contributed by atoms with Crippen molar-refractivity contribution in [3.05, 3.63) is 33.7 Å². The predicted molar refractivity (Wildman–Crippen MR) is 83.8 cm³/mol. The third-order valence-electron chi connectivity index (χ3n) is 4.79. The quantitative estimate of drug-likeness (QED) is 0.869. The third kappa shape index (κ3) is 2.59. The molecule has 0 aliphatic carbocycles. The maximum absolute atomic E-state index is 6.25. The summed E-state index contributed by atoms with van der Waals surface area (Å²) < 4.78 is 11.8. The van der Waals surface area contributed by atoms with Crippen LogP contribution in [0.3, 0.4) is 0 Å². The Balaban J connectivity index is 1.43. The first kappa shape index (κ1) is 14.4. The Bertz CT molecular complexity index is 653. The van der Waals surface area contributed by atoms with Crippen molar-refractivity contribution in [2.75, 3.05) is 6.54 Å². The van der Waals surface area contributed by atoms with E-state index in [0.29, 0.717) is 23.9 Å². The summed E-state index contributed by atoms with van der Waals surface area (Å²) in [4.78, 5) is 4.06. The highest BCUT2D eigenvalue weighted by Gasteiger charge is 2.41. The van der Waals surface area contributed by atoms with Crippen LogP contribution in [0.2, 0.25) is 0 Å². The van der Waals surface area contributed by atoms with Gasteiger partial charge >= 0.3 is 0 Å². The number of likely N-dealkylation sites (tertiary alicyclic amines) is 1. The fourth-order valence-corrected chi connectivity index (χ4v) is 4.52. The number of aryl methyl sites for hydroxylation is 2. The van der Waals surface area contributed by atoms with E-state index >= 15 is 0 Å². The van der Waals surface area contributed by atoms with Gasteiger partial charge in [0.25, 0.3) is 0 Å². The molecule has 0 radical (unpaired) electrons.